The summed E-state index contributed by atoms with van der Waals surface area (Å²) in [6.07, 6.45) is 0. The lowest BCUT2D eigenvalue weighted by atomic mass is 10.2. The van der Waals surface area contributed by atoms with E-state index in [9.17, 15) is 0 Å². The third kappa shape index (κ3) is 7.48. The summed E-state index contributed by atoms with van der Waals surface area (Å²) in [5.41, 5.74) is 2.05. The van der Waals surface area contributed by atoms with Gasteiger partial charge in [0.15, 0.2) is 0 Å². The normalized spacial score (nSPS) is 10.4. The van der Waals surface area contributed by atoms with Crippen molar-refractivity contribution < 1.29 is 18.9 Å². The van der Waals surface area contributed by atoms with E-state index in [2.05, 4.69) is 11.4 Å². The van der Waals surface area contributed by atoms with Crippen molar-refractivity contribution in [1.82, 2.24) is 0 Å². The zero-order chi connectivity index (χ0) is 23.3. The Kier molecular flexibility index (Phi) is 8.68. The average molecular weight is 456 g/mol. The summed E-state index contributed by atoms with van der Waals surface area (Å²) in [6, 6.07) is 35.4. The number of ether oxygens (including phenoxy) is 4. The summed E-state index contributed by atoms with van der Waals surface area (Å²) in [5.74, 6) is 3.30. The van der Waals surface area contributed by atoms with Crippen molar-refractivity contribution in [1.29, 1.82) is 0 Å². The number of hydrogen-bond acceptors (Lipinski definition) is 5. The molecule has 1 N–H and O–H groups in total. The molecule has 0 aliphatic rings. The largest absolute Gasteiger partial charge is 0.490 e. The highest BCUT2D eigenvalue weighted by Gasteiger charge is 2.04. The maximum atomic E-state index is 5.95. The van der Waals surface area contributed by atoms with Crippen molar-refractivity contribution in [2.45, 2.75) is 6.54 Å². The number of nitrogens with one attached hydrogen (secondary N) is 1. The molecule has 0 bridgehead atoms. The van der Waals surface area contributed by atoms with Crippen molar-refractivity contribution in [3.8, 4) is 23.0 Å². The first-order valence-corrected chi connectivity index (χ1v) is 11.4. The molecule has 0 aliphatic heterocycles. The molecule has 4 aromatic rings. The molecule has 0 saturated heterocycles. The van der Waals surface area contributed by atoms with Crippen molar-refractivity contribution in [3.63, 3.8) is 0 Å². The average Bonchev–Trinajstić information content (AvgIpc) is 2.90. The molecule has 5 nitrogen and oxygen atoms in total. The van der Waals surface area contributed by atoms with Gasteiger partial charge < -0.3 is 24.3 Å². The van der Waals surface area contributed by atoms with Crippen LogP contribution in [0.25, 0.3) is 0 Å². The first-order chi connectivity index (χ1) is 16.9. The summed E-state index contributed by atoms with van der Waals surface area (Å²) in [5, 5.41) is 3.46. The second kappa shape index (κ2) is 12.8. The van der Waals surface area contributed by atoms with Crippen LogP contribution in [0.15, 0.2) is 109 Å². The van der Waals surface area contributed by atoms with Gasteiger partial charge in [-0.1, -0.05) is 60.7 Å². The van der Waals surface area contributed by atoms with E-state index in [1.165, 1.54) is 0 Å². The van der Waals surface area contributed by atoms with Gasteiger partial charge in [-0.3, -0.25) is 0 Å². The third-order valence-electron chi connectivity index (χ3n) is 4.99. The Hall–Kier alpha value is -4.12. The smallest absolute Gasteiger partial charge is 0.142 e. The van der Waals surface area contributed by atoms with E-state index < -0.39 is 0 Å². The quantitative estimate of drug-likeness (QED) is 0.243. The molecule has 0 radical (unpaired) electrons. The molecule has 0 atom stereocenters. The predicted octanol–water partition coefficient (Wildman–Crippen LogP) is 6.21. The van der Waals surface area contributed by atoms with Gasteiger partial charge in [0.25, 0.3) is 0 Å². The first-order valence-electron chi connectivity index (χ1n) is 11.4. The lowest BCUT2D eigenvalue weighted by Gasteiger charge is -2.14. The van der Waals surface area contributed by atoms with Crippen LogP contribution in [0.3, 0.4) is 0 Å². The zero-order valence-electron chi connectivity index (χ0n) is 19.1. The Morgan fingerprint density at radius 1 is 0.471 bits per heavy atom. The van der Waals surface area contributed by atoms with Crippen LogP contribution in [0.2, 0.25) is 0 Å². The molecule has 0 aromatic heterocycles. The fourth-order valence-corrected chi connectivity index (χ4v) is 3.34. The highest BCUT2D eigenvalue weighted by atomic mass is 16.5. The summed E-state index contributed by atoms with van der Waals surface area (Å²) in [7, 11) is 0. The Balaban J connectivity index is 1.22. The topological polar surface area (TPSA) is 49.0 Å². The van der Waals surface area contributed by atoms with Crippen molar-refractivity contribution in [3.05, 3.63) is 115 Å². The van der Waals surface area contributed by atoms with Gasteiger partial charge in [0.05, 0.1) is 5.69 Å². The minimum Gasteiger partial charge on any atom is -0.490 e. The van der Waals surface area contributed by atoms with Gasteiger partial charge in [-0.2, -0.15) is 0 Å². The number of hydrogen-bond donors (Lipinski definition) is 1. The lowest BCUT2D eigenvalue weighted by molar-refractivity contribution is 0.217. The summed E-state index contributed by atoms with van der Waals surface area (Å²) in [4.78, 5) is 0. The second-order valence-electron chi connectivity index (χ2n) is 7.52. The minimum absolute atomic E-state index is 0.460. The standard InChI is InChI=1S/C29H29NO4/c1-3-11-25(12-4-1)31-18-19-33-27-15-9-10-24(22-27)23-30-28-16-7-8-17-29(28)34-21-20-32-26-13-5-2-6-14-26/h1-17,22,30H,18-21,23H2. The second-order valence-corrected chi connectivity index (χ2v) is 7.52. The van der Waals surface area contributed by atoms with Crippen LogP contribution >= 0.6 is 0 Å². The molecular formula is C29H29NO4. The molecule has 0 spiro atoms. The van der Waals surface area contributed by atoms with Gasteiger partial charge in [-0.15, -0.1) is 0 Å². The third-order valence-corrected chi connectivity index (χ3v) is 4.99. The molecule has 0 amide bonds. The van der Waals surface area contributed by atoms with Gasteiger partial charge in [-0.05, 0) is 54.1 Å². The van der Waals surface area contributed by atoms with Crippen LogP contribution in [0.1, 0.15) is 5.56 Å². The van der Waals surface area contributed by atoms with Crippen LogP contribution in [-0.4, -0.2) is 26.4 Å². The fourth-order valence-electron chi connectivity index (χ4n) is 3.34. The van der Waals surface area contributed by atoms with Crippen LogP contribution in [0, 0.1) is 0 Å². The van der Waals surface area contributed by atoms with Gasteiger partial charge in [0.2, 0.25) is 0 Å². The van der Waals surface area contributed by atoms with Gasteiger partial charge in [0.1, 0.15) is 49.4 Å². The Morgan fingerprint density at radius 3 is 1.68 bits per heavy atom. The van der Waals surface area contributed by atoms with E-state index in [1.54, 1.807) is 0 Å². The summed E-state index contributed by atoms with van der Waals surface area (Å²) < 4.78 is 23.2. The van der Waals surface area contributed by atoms with E-state index in [-0.39, 0.29) is 0 Å². The van der Waals surface area contributed by atoms with Crippen LogP contribution < -0.4 is 24.3 Å². The maximum absolute atomic E-state index is 5.95. The molecule has 4 rings (SSSR count). The highest BCUT2D eigenvalue weighted by molar-refractivity contribution is 5.56. The maximum Gasteiger partial charge on any atom is 0.142 e. The molecule has 0 saturated carbocycles. The minimum atomic E-state index is 0.460. The van der Waals surface area contributed by atoms with Gasteiger partial charge >= 0.3 is 0 Å². The van der Waals surface area contributed by atoms with E-state index >= 15 is 0 Å². The van der Waals surface area contributed by atoms with Crippen LogP contribution in [-0.2, 0) is 6.54 Å². The molecule has 0 aliphatic carbocycles. The van der Waals surface area contributed by atoms with Crippen molar-refractivity contribution in [2.24, 2.45) is 0 Å². The lowest BCUT2D eigenvalue weighted by Crippen LogP contribution is -2.10. The molecule has 34 heavy (non-hydrogen) atoms. The van der Waals surface area contributed by atoms with Gasteiger partial charge in [-0.25, -0.2) is 0 Å². The molecule has 0 heterocycles. The van der Waals surface area contributed by atoms with Crippen molar-refractivity contribution in [2.75, 3.05) is 31.7 Å². The van der Waals surface area contributed by atoms with E-state index in [0.29, 0.717) is 33.0 Å². The van der Waals surface area contributed by atoms with E-state index in [0.717, 1.165) is 34.2 Å². The first kappa shape index (κ1) is 23.1. The summed E-state index contributed by atoms with van der Waals surface area (Å²) >= 11 is 0. The molecule has 174 valence electrons. The Bertz CT molecular complexity index is 1120. The fraction of sp³-hybridized carbons (Fsp3) is 0.172. The van der Waals surface area contributed by atoms with Gasteiger partial charge in [0, 0.05) is 6.54 Å². The van der Waals surface area contributed by atoms with E-state index in [1.807, 2.05) is 103 Å². The number of benzene rings is 4. The highest BCUT2D eigenvalue weighted by Crippen LogP contribution is 2.25. The predicted molar refractivity (Wildman–Crippen MR) is 135 cm³/mol. The summed E-state index contributed by atoms with van der Waals surface area (Å²) in [6.45, 7) is 2.56. The number of anilines is 1. The molecule has 4 aromatic carbocycles. The molecule has 5 heteroatoms. The molecule has 0 fully saturated rings. The monoisotopic (exact) mass is 455 g/mol. The molecule has 0 unspecified atom stereocenters. The Morgan fingerprint density at radius 2 is 1.00 bits per heavy atom. The zero-order valence-corrected chi connectivity index (χ0v) is 19.1. The number of para-hydroxylation sites is 4. The Labute approximate surface area is 200 Å². The molecular weight excluding hydrogens is 426 g/mol. The van der Waals surface area contributed by atoms with Crippen LogP contribution in [0.4, 0.5) is 5.69 Å². The number of rotatable bonds is 13. The van der Waals surface area contributed by atoms with E-state index in [4.69, 9.17) is 18.9 Å². The van der Waals surface area contributed by atoms with Crippen molar-refractivity contribution >= 4 is 5.69 Å². The van der Waals surface area contributed by atoms with Crippen LogP contribution in [0.5, 0.6) is 23.0 Å². The SMILES string of the molecule is c1ccc(OCCOc2cccc(CNc3ccccc3OCCOc3ccccc3)c2)cc1.